The third-order valence-corrected chi connectivity index (χ3v) is 7.38. The van der Waals surface area contributed by atoms with Crippen molar-refractivity contribution in [3.8, 4) is 17.0 Å². The number of hydrogen-bond acceptors (Lipinski definition) is 7. The van der Waals surface area contributed by atoms with Gasteiger partial charge in [0.15, 0.2) is 16.1 Å². The van der Waals surface area contributed by atoms with E-state index in [2.05, 4.69) is 43.0 Å². The van der Waals surface area contributed by atoms with E-state index in [1.165, 1.54) is 23.1 Å². The van der Waals surface area contributed by atoms with Gasteiger partial charge in [-0.25, -0.2) is 4.98 Å². The number of hydrogen-bond donors (Lipinski definition) is 1. The highest BCUT2D eigenvalue weighted by atomic mass is 79.9. The quantitative estimate of drug-likeness (QED) is 0.154. The first-order valence-electron chi connectivity index (χ1n) is 10.2. The Hall–Kier alpha value is -2.37. The van der Waals surface area contributed by atoms with E-state index in [9.17, 15) is 4.79 Å². The number of carbonyl (C=O) groups excluding carboxylic acids is 1. The van der Waals surface area contributed by atoms with E-state index in [4.69, 9.17) is 27.9 Å². The second kappa shape index (κ2) is 12.0. The number of carbonyl (C=O) groups is 1. The summed E-state index contributed by atoms with van der Waals surface area (Å²) in [5, 5.41) is 15.2. The zero-order valence-corrected chi connectivity index (χ0v) is 22.8. The first-order chi connectivity index (χ1) is 16.9. The fourth-order valence-electron chi connectivity index (χ4n) is 2.94. The van der Waals surface area contributed by atoms with Crippen LogP contribution in [0.3, 0.4) is 0 Å². The van der Waals surface area contributed by atoms with Crippen molar-refractivity contribution in [1.82, 2.24) is 19.7 Å². The van der Waals surface area contributed by atoms with Crippen molar-refractivity contribution in [3.63, 3.8) is 0 Å². The lowest BCUT2D eigenvalue weighted by Gasteiger charge is -2.10. The summed E-state index contributed by atoms with van der Waals surface area (Å²) in [6, 6.07) is 12.8. The van der Waals surface area contributed by atoms with E-state index in [1.54, 1.807) is 24.3 Å². The fourth-order valence-corrected chi connectivity index (χ4v) is 5.05. The first kappa shape index (κ1) is 25.7. The lowest BCUT2D eigenvalue weighted by atomic mass is 10.2. The van der Waals surface area contributed by atoms with Crippen LogP contribution in [0.25, 0.3) is 11.3 Å². The largest absolute Gasteiger partial charge is 0.484 e. The van der Waals surface area contributed by atoms with Crippen LogP contribution < -0.4 is 10.1 Å². The molecule has 0 aliphatic heterocycles. The number of benzene rings is 2. The number of nitrogens with zero attached hydrogens (tertiary/aromatic N) is 4. The molecule has 2 aromatic carbocycles. The van der Waals surface area contributed by atoms with Gasteiger partial charge in [-0.05, 0) is 24.3 Å². The van der Waals surface area contributed by atoms with Gasteiger partial charge in [0.1, 0.15) is 12.4 Å². The summed E-state index contributed by atoms with van der Waals surface area (Å²) in [4.78, 5) is 17.0. The summed E-state index contributed by atoms with van der Waals surface area (Å²) < 4.78 is 8.61. The number of aromatic nitrogens is 4. The lowest BCUT2D eigenvalue weighted by molar-refractivity contribution is -0.113. The number of amides is 1. The van der Waals surface area contributed by atoms with Crippen molar-refractivity contribution in [2.75, 3.05) is 11.1 Å². The minimum Gasteiger partial charge on any atom is -0.484 e. The van der Waals surface area contributed by atoms with Crippen LogP contribution in [0.2, 0.25) is 10.0 Å². The smallest absolute Gasteiger partial charge is 0.236 e. The molecular weight excluding hydrogens is 593 g/mol. The molecule has 0 saturated carbocycles. The molecule has 0 atom stereocenters. The van der Waals surface area contributed by atoms with Gasteiger partial charge in [-0.15, -0.1) is 28.1 Å². The van der Waals surface area contributed by atoms with Crippen LogP contribution in [0.1, 0.15) is 5.82 Å². The first-order valence-corrected chi connectivity index (χ1v) is 13.6. The number of nitrogens with one attached hydrogen (secondary N) is 1. The number of anilines is 1. The molecule has 0 radical (unpaired) electrons. The van der Waals surface area contributed by atoms with Gasteiger partial charge in [0.2, 0.25) is 5.91 Å². The molecule has 7 nitrogen and oxygen atoms in total. The predicted octanol–water partition coefficient (Wildman–Crippen LogP) is 6.97. The fraction of sp³-hybridized carbons (Fsp3) is 0.130. The van der Waals surface area contributed by atoms with Crippen LogP contribution in [0.4, 0.5) is 5.13 Å². The zero-order chi connectivity index (χ0) is 24.8. The molecule has 0 aliphatic carbocycles. The Morgan fingerprint density at radius 2 is 2.03 bits per heavy atom. The van der Waals surface area contributed by atoms with Gasteiger partial charge in [-0.2, -0.15) is 0 Å². The summed E-state index contributed by atoms with van der Waals surface area (Å²) in [6.07, 6.45) is 1.72. The molecule has 0 saturated heterocycles. The van der Waals surface area contributed by atoms with Crippen LogP contribution >= 0.6 is 62.2 Å². The maximum absolute atomic E-state index is 12.5. The van der Waals surface area contributed by atoms with Crippen LogP contribution in [-0.4, -0.2) is 31.4 Å². The maximum atomic E-state index is 12.5. The zero-order valence-electron chi connectivity index (χ0n) is 18.1. The molecular formula is C23H18BrCl2N5O2S2. The maximum Gasteiger partial charge on any atom is 0.236 e. The van der Waals surface area contributed by atoms with Crippen LogP contribution in [0, 0.1) is 0 Å². The SMILES string of the molecule is C=CCn1c(COc2cc(Cl)ccc2Cl)nnc1SCC(=O)Nc1nc(-c2ccc(Br)cc2)cs1. The molecule has 180 valence electrons. The average Bonchev–Trinajstić information content (AvgIpc) is 3.46. The number of rotatable bonds is 10. The predicted molar refractivity (Wildman–Crippen MR) is 146 cm³/mol. The Morgan fingerprint density at radius 3 is 2.80 bits per heavy atom. The third-order valence-electron chi connectivity index (χ3n) is 4.58. The number of thiazole rings is 1. The molecule has 12 heteroatoms. The van der Waals surface area contributed by atoms with Gasteiger partial charge in [-0.3, -0.25) is 9.36 Å². The van der Waals surface area contributed by atoms with E-state index in [1.807, 2.05) is 34.2 Å². The Balaban J connectivity index is 1.36. The Kier molecular flexibility index (Phi) is 8.85. The molecule has 2 aromatic heterocycles. The van der Waals surface area contributed by atoms with Crippen LogP contribution in [0.15, 0.2) is 70.1 Å². The van der Waals surface area contributed by atoms with Gasteiger partial charge in [0, 0.05) is 33.0 Å². The second-order valence-corrected chi connectivity index (χ2v) is 10.6. The Labute approximate surface area is 228 Å². The van der Waals surface area contributed by atoms with Gasteiger partial charge < -0.3 is 10.1 Å². The summed E-state index contributed by atoms with van der Waals surface area (Å²) in [7, 11) is 0. The van der Waals surface area contributed by atoms with E-state index in [0.29, 0.717) is 38.5 Å². The molecule has 35 heavy (non-hydrogen) atoms. The molecule has 1 N–H and O–H groups in total. The number of thioether (sulfide) groups is 1. The van der Waals surface area contributed by atoms with E-state index >= 15 is 0 Å². The second-order valence-electron chi connectivity index (χ2n) is 7.04. The van der Waals surface area contributed by atoms with E-state index < -0.39 is 0 Å². The summed E-state index contributed by atoms with van der Waals surface area (Å²) in [6.45, 7) is 4.38. The highest BCUT2D eigenvalue weighted by molar-refractivity contribution is 9.10. The topological polar surface area (TPSA) is 81.9 Å². The summed E-state index contributed by atoms with van der Waals surface area (Å²) in [5.41, 5.74) is 1.78. The molecule has 0 unspecified atom stereocenters. The van der Waals surface area contributed by atoms with Gasteiger partial charge in [-0.1, -0.05) is 69.1 Å². The van der Waals surface area contributed by atoms with E-state index in [-0.39, 0.29) is 18.3 Å². The normalized spacial score (nSPS) is 10.8. The number of allylic oxidation sites excluding steroid dienone is 1. The molecule has 0 bridgehead atoms. The van der Waals surface area contributed by atoms with Crippen molar-refractivity contribution < 1.29 is 9.53 Å². The summed E-state index contributed by atoms with van der Waals surface area (Å²) in [5.74, 6) is 0.974. The van der Waals surface area contributed by atoms with Gasteiger partial charge >= 0.3 is 0 Å². The molecule has 0 fully saturated rings. The minimum absolute atomic E-state index is 0.131. The monoisotopic (exact) mass is 609 g/mol. The van der Waals surface area contributed by atoms with Crippen molar-refractivity contribution in [1.29, 1.82) is 0 Å². The Bertz CT molecular complexity index is 1340. The van der Waals surface area contributed by atoms with Gasteiger partial charge in [0.25, 0.3) is 0 Å². The van der Waals surface area contributed by atoms with Gasteiger partial charge in [0.05, 0.1) is 16.5 Å². The average molecular weight is 611 g/mol. The van der Waals surface area contributed by atoms with Crippen LogP contribution in [-0.2, 0) is 17.9 Å². The molecule has 1 amide bonds. The third kappa shape index (κ3) is 6.86. The lowest BCUT2D eigenvalue weighted by Crippen LogP contribution is -2.15. The highest BCUT2D eigenvalue weighted by Crippen LogP contribution is 2.29. The minimum atomic E-state index is -0.191. The van der Waals surface area contributed by atoms with Crippen LogP contribution in [0.5, 0.6) is 5.75 Å². The van der Waals surface area contributed by atoms with Crippen molar-refractivity contribution in [2.24, 2.45) is 0 Å². The highest BCUT2D eigenvalue weighted by Gasteiger charge is 2.16. The molecule has 0 spiro atoms. The number of halogens is 3. The van der Waals surface area contributed by atoms with Crippen molar-refractivity contribution in [2.45, 2.75) is 18.3 Å². The van der Waals surface area contributed by atoms with E-state index in [0.717, 1.165) is 15.7 Å². The molecule has 2 heterocycles. The molecule has 0 aliphatic rings. The Morgan fingerprint density at radius 1 is 1.23 bits per heavy atom. The van der Waals surface area contributed by atoms with Crippen molar-refractivity contribution >= 4 is 73.3 Å². The molecule has 4 rings (SSSR count). The summed E-state index contributed by atoms with van der Waals surface area (Å²) >= 11 is 18.2. The number of ether oxygens (including phenoxy) is 1. The molecule has 4 aromatic rings. The standard InChI is InChI=1S/C23H18BrCl2N5O2S2/c1-2-9-31-20(11-33-19-10-16(25)7-8-17(19)26)29-30-23(31)35-13-21(32)28-22-27-18(12-34-22)14-3-5-15(24)6-4-14/h2-8,10,12H,1,9,11,13H2,(H,27,28,32). The van der Waals surface area contributed by atoms with Crippen molar-refractivity contribution in [3.05, 3.63) is 80.8 Å².